The number of aromatic nitrogens is 2. The predicted octanol–water partition coefficient (Wildman–Crippen LogP) is 5.07. The van der Waals surface area contributed by atoms with Gasteiger partial charge in [-0.2, -0.15) is 11.8 Å². The van der Waals surface area contributed by atoms with E-state index in [1.807, 2.05) is 24.8 Å². The number of fused-ring (bicyclic) bond motifs is 1. The van der Waals surface area contributed by atoms with Gasteiger partial charge in [-0.25, -0.2) is 9.37 Å². The van der Waals surface area contributed by atoms with Gasteiger partial charge < -0.3 is 4.57 Å². The van der Waals surface area contributed by atoms with Crippen molar-refractivity contribution in [3.05, 3.63) is 29.3 Å². The second kappa shape index (κ2) is 5.47. The van der Waals surface area contributed by atoms with Crippen molar-refractivity contribution in [2.24, 2.45) is 0 Å². The van der Waals surface area contributed by atoms with Gasteiger partial charge in [-0.3, -0.25) is 0 Å². The Labute approximate surface area is 134 Å². The van der Waals surface area contributed by atoms with Crippen LogP contribution in [0.5, 0.6) is 0 Å². The fourth-order valence-corrected chi connectivity index (χ4v) is 4.49. The van der Waals surface area contributed by atoms with Crippen molar-refractivity contribution in [3.8, 4) is 0 Å². The summed E-state index contributed by atoms with van der Waals surface area (Å²) in [5, 5.41) is -0.184. The van der Waals surface area contributed by atoms with Crippen LogP contribution in [0.15, 0.2) is 12.1 Å². The van der Waals surface area contributed by atoms with Gasteiger partial charge in [-0.15, -0.1) is 11.6 Å². The Morgan fingerprint density at radius 3 is 2.90 bits per heavy atom. The lowest BCUT2D eigenvalue weighted by Gasteiger charge is -2.25. The standard InChI is InChI=1S/C16H20ClFN2S/c1-10-7-14-13(8-12(10)18)19-15(11(2)17)20(14)9-16(3)5-4-6-21-16/h7-8,11H,4-6,9H2,1-3H3. The molecule has 2 aromatic rings. The van der Waals surface area contributed by atoms with Crippen molar-refractivity contribution in [1.82, 2.24) is 9.55 Å². The molecule has 21 heavy (non-hydrogen) atoms. The van der Waals surface area contributed by atoms with Crippen LogP contribution in [0.25, 0.3) is 11.0 Å². The van der Waals surface area contributed by atoms with E-state index in [0.29, 0.717) is 11.1 Å². The number of aryl methyl sites for hydroxylation is 1. The minimum atomic E-state index is -0.206. The number of hydrogen-bond donors (Lipinski definition) is 0. The van der Waals surface area contributed by atoms with Gasteiger partial charge in [-0.05, 0) is 51.0 Å². The van der Waals surface area contributed by atoms with Gasteiger partial charge in [0.1, 0.15) is 11.6 Å². The molecule has 0 N–H and O–H groups in total. The third-order valence-corrected chi connectivity index (χ3v) is 5.93. The van der Waals surface area contributed by atoms with E-state index in [1.165, 1.54) is 24.7 Å². The van der Waals surface area contributed by atoms with Crippen molar-refractivity contribution in [2.75, 3.05) is 5.75 Å². The molecule has 0 amide bonds. The van der Waals surface area contributed by atoms with Gasteiger partial charge in [0, 0.05) is 17.4 Å². The first kappa shape index (κ1) is 15.2. The zero-order chi connectivity index (χ0) is 15.2. The SMILES string of the molecule is Cc1cc2c(cc1F)nc(C(C)Cl)n2CC1(C)CCCS1. The summed E-state index contributed by atoms with van der Waals surface area (Å²) in [5.74, 6) is 1.84. The second-order valence-corrected chi connectivity index (χ2v) is 8.50. The third-order valence-electron chi connectivity index (χ3n) is 4.21. The molecule has 1 aliphatic rings. The summed E-state index contributed by atoms with van der Waals surface area (Å²) in [6.07, 6.45) is 2.46. The van der Waals surface area contributed by atoms with E-state index < -0.39 is 0 Å². The zero-order valence-corrected chi connectivity index (χ0v) is 14.2. The highest BCUT2D eigenvalue weighted by atomic mass is 35.5. The molecule has 1 aliphatic heterocycles. The molecule has 1 fully saturated rings. The minimum Gasteiger partial charge on any atom is -0.325 e. The summed E-state index contributed by atoms with van der Waals surface area (Å²) in [4.78, 5) is 4.57. The van der Waals surface area contributed by atoms with E-state index in [2.05, 4.69) is 16.5 Å². The highest BCUT2D eigenvalue weighted by Crippen LogP contribution is 2.40. The summed E-state index contributed by atoms with van der Waals surface area (Å²) in [6, 6.07) is 3.41. The van der Waals surface area contributed by atoms with Gasteiger partial charge >= 0.3 is 0 Å². The average molecular weight is 327 g/mol. The lowest BCUT2D eigenvalue weighted by Crippen LogP contribution is -2.25. The van der Waals surface area contributed by atoms with Gasteiger partial charge in [-0.1, -0.05) is 0 Å². The molecule has 1 aromatic heterocycles. The Kier molecular flexibility index (Phi) is 3.95. The van der Waals surface area contributed by atoms with E-state index in [-0.39, 0.29) is 15.9 Å². The van der Waals surface area contributed by atoms with E-state index in [4.69, 9.17) is 11.6 Å². The van der Waals surface area contributed by atoms with Crippen molar-refractivity contribution in [2.45, 2.75) is 50.3 Å². The third kappa shape index (κ3) is 2.80. The number of benzene rings is 1. The van der Waals surface area contributed by atoms with Crippen molar-refractivity contribution in [3.63, 3.8) is 0 Å². The number of imidazole rings is 1. The molecule has 0 aliphatic carbocycles. The maximum absolute atomic E-state index is 13.8. The number of hydrogen-bond acceptors (Lipinski definition) is 2. The van der Waals surface area contributed by atoms with Crippen molar-refractivity contribution in [1.29, 1.82) is 0 Å². The van der Waals surface area contributed by atoms with E-state index in [9.17, 15) is 4.39 Å². The van der Waals surface area contributed by atoms with E-state index >= 15 is 0 Å². The maximum Gasteiger partial charge on any atom is 0.128 e. The van der Waals surface area contributed by atoms with Crippen LogP contribution in [0, 0.1) is 12.7 Å². The largest absolute Gasteiger partial charge is 0.325 e. The molecule has 0 bridgehead atoms. The monoisotopic (exact) mass is 326 g/mol. The topological polar surface area (TPSA) is 17.8 Å². The summed E-state index contributed by atoms with van der Waals surface area (Å²) in [5.41, 5.74) is 2.35. The summed E-state index contributed by atoms with van der Waals surface area (Å²) < 4.78 is 16.2. The lowest BCUT2D eigenvalue weighted by atomic mass is 10.1. The number of nitrogens with zero attached hydrogens (tertiary/aromatic N) is 2. The maximum atomic E-state index is 13.8. The van der Waals surface area contributed by atoms with Crippen LogP contribution >= 0.6 is 23.4 Å². The fraction of sp³-hybridized carbons (Fsp3) is 0.562. The Morgan fingerprint density at radius 1 is 1.52 bits per heavy atom. The van der Waals surface area contributed by atoms with Gasteiger partial charge in [0.25, 0.3) is 0 Å². The van der Waals surface area contributed by atoms with Crippen LogP contribution in [0.2, 0.25) is 0 Å². The van der Waals surface area contributed by atoms with Gasteiger partial charge in [0.15, 0.2) is 0 Å². The predicted molar refractivity (Wildman–Crippen MR) is 88.8 cm³/mol. The second-order valence-electron chi connectivity index (χ2n) is 6.16. The molecule has 2 unspecified atom stereocenters. The van der Waals surface area contributed by atoms with Crippen LogP contribution in [-0.4, -0.2) is 20.1 Å². The summed E-state index contributed by atoms with van der Waals surface area (Å²) in [6.45, 7) is 6.90. The van der Waals surface area contributed by atoms with Crippen LogP contribution in [-0.2, 0) is 6.54 Å². The van der Waals surface area contributed by atoms with E-state index in [1.54, 1.807) is 6.92 Å². The van der Waals surface area contributed by atoms with Gasteiger partial charge in [0.05, 0.1) is 16.4 Å². The van der Waals surface area contributed by atoms with Crippen LogP contribution < -0.4 is 0 Å². The van der Waals surface area contributed by atoms with Crippen LogP contribution in [0.3, 0.4) is 0 Å². The molecule has 0 radical (unpaired) electrons. The Morgan fingerprint density at radius 2 is 2.29 bits per heavy atom. The molecule has 3 rings (SSSR count). The van der Waals surface area contributed by atoms with Gasteiger partial charge in [0.2, 0.25) is 0 Å². The Bertz CT molecular complexity index is 674. The Balaban J connectivity index is 2.13. The molecule has 2 nitrogen and oxygen atoms in total. The van der Waals surface area contributed by atoms with E-state index in [0.717, 1.165) is 17.9 Å². The molecule has 114 valence electrons. The first-order chi connectivity index (χ1) is 9.89. The molecule has 1 aromatic carbocycles. The lowest BCUT2D eigenvalue weighted by molar-refractivity contribution is 0.505. The molecule has 1 saturated heterocycles. The van der Waals surface area contributed by atoms with Crippen LogP contribution in [0.1, 0.15) is 43.5 Å². The average Bonchev–Trinajstić information content (AvgIpc) is 2.97. The highest BCUT2D eigenvalue weighted by Gasteiger charge is 2.32. The molecular weight excluding hydrogens is 307 g/mol. The molecule has 2 atom stereocenters. The fourth-order valence-electron chi connectivity index (χ4n) is 3.03. The molecule has 0 spiro atoms. The molecule has 5 heteroatoms. The highest BCUT2D eigenvalue weighted by molar-refractivity contribution is 8.00. The minimum absolute atomic E-state index is 0.184. The first-order valence-electron chi connectivity index (χ1n) is 7.34. The smallest absolute Gasteiger partial charge is 0.128 e. The van der Waals surface area contributed by atoms with Crippen molar-refractivity contribution >= 4 is 34.4 Å². The normalized spacial score (nSPS) is 23.9. The zero-order valence-electron chi connectivity index (χ0n) is 12.6. The number of thioether (sulfide) groups is 1. The summed E-state index contributed by atoms with van der Waals surface area (Å²) in [7, 11) is 0. The van der Waals surface area contributed by atoms with Crippen molar-refractivity contribution < 1.29 is 4.39 Å². The van der Waals surface area contributed by atoms with Crippen LogP contribution in [0.4, 0.5) is 4.39 Å². The number of alkyl halides is 1. The first-order valence-corrected chi connectivity index (χ1v) is 8.76. The molecule has 0 saturated carbocycles. The molecular formula is C16H20ClFN2S. The number of halogens is 2. The Hall–Kier alpha value is -0.740. The quantitative estimate of drug-likeness (QED) is 0.733. The summed E-state index contributed by atoms with van der Waals surface area (Å²) >= 11 is 8.32. The molecule has 2 heterocycles. The number of rotatable bonds is 3.